The normalized spacial score (nSPS) is 28.0. The highest BCUT2D eigenvalue weighted by atomic mass is 19.1. The molecule has 34 heavy (non-hydrogen) atoms. The molecule has 0 bridgehead atoms. The number of benzene rings is 2. The zero-order chi connectivity index (χ0) is 29.0. The molecule has 8 nitrogen and oxygen atoms in total. The minimum absolute atomic E-state index is 0.0633. The summed E-state index contributed by atoms with van der Waals surface area (Å²) >= 11 is 0. The van der Waals surface area contributed by atoms with Gasteiger partial charge in [-0.15, -0.1) is 0 Å². The minimum atomic E-state index is -3.24. The van der Waals surface area contributed by atoms with E-state index in [0.29, 0.717) is 30.2 Å². The van der Waals surface area contributed by atoms with Crippen LogP contribution < -0.4 is 10.6 Å². The molecule has 3 amide bonds. The minimum Gasteiger partial charge on any atom is -0.381 e. The van der Waals surface area contributed by atoms with Crippen molar-refractivity contribution < 1.29 is 31.7 Å². The lowest BCUT2D eigenvalue weighted by atomic mass is 10.0. The van der Waals surface area contributed by atoms with Crippen molar-refractivity contribution in [1.29, 1.82) is 0 Å². The fraction of sp³-hybridized carbons (Fsp3) is 0.400. The van der Waals surface area contributed by atoms with Gasteiger partial charge in [0.2, 0.25) is 11.8 Å². The lowest BCUT2D eigenvalue weighted by Crippen LogP contribution is -2.52. The molecule has 2 fully saturated rings. The summed E-state index contributed by atoms with van der Waals surface area (Å²) in [6, 6.07) is 6.81. The maximum absolute atomic E-state index is 15.0. The highest BCUT2D eigenvalue weighted by molar-refractivity contribution is 6.06. The van der Waals surface area contributed by atoms with Gasteiger partial charge in [-0.2, -0.15) is 0 Å². The van der Waals surface area contributed by atoms with Crippen LogP contribution in [0, 0.1) is 5.82 Å². The third-order valence-electron chi connectivity index (χ3n) is 5.91. The molecule has 3 aliphatic heterocycles. The molecular formula is C25H27FN4O4. The number of carbonyl (C=O) groups is 3. The molecule has 2 aromatic rings. The number of hydrogen-bond donors (Lipinski definition) is 2. The molecule has 5 rings (SSSR count). The number of halogens is 1. The highest BCUT2D eigenvalue weighted by Crippen LogP contribution is 2.32. The summed E-state index contributed by atoms with van der Waals surface area (Å²) in [5.74, 6) is -4.35. The molecule has 178 valence electrons. The Morgan fingerprint density at radius 2 is 2.00 bits per heavy atom. The number of ether oxygens (including phenoxy) is 1. The van der Waals surface area contributed by atoms with Crippen LogP contribution in [-0.4, -0.2) is 59.9 Å². The molecule has 0 aliphatic carbocycles. The van der Waals surface area contributed by atoms with Gasteiger partial charge in [0.05, 0.1) is 16.0 Å². The topological polar surface area (TPSA) is 91.0 Å². The number of morpholine rings is 1. The molecule has 2 aromatic carbocycles. The summed E-state index contributed by atoms with van der Waals surface area (Å²) < 4.78 is 70.1. The first-order valence-corrected chi connectivity index (χ1v) is 10.9. The van der Waals surface area contributed by atoms with E-state index >= 15 is 0 Å². The number of carbonyl (C=O) groups excluding carboxylic acids is 3. The quantitative estimate of drug-likeness (QED) is 0.626. The van der Waals surface area contributed by atoms with Gasteiger partial charge in [0.15, 0.2) is 0 Å². The predicted molar refractivity (Wildman–Crippen MR) is 122 cm³/mol. The largest absolute Gasteiger partial charge is 0.381 e. The van der Waals surface area contributed by atoms with Crippen molar-refractivity contribution in [2.24, 2.45) is 0 Å². The van der Waals surface area contributed by atoms with Crippen molar-refractivity contribution in [2.45, 2.75) is 38.4 Å². The lowest BCUT2D eigenvalue weighted by molar-refractivity contribution is -0.136. The Morgan fingerprint density at radius 3 is 2.79 bits per heavy atom. The SMILES string of the molecule is [2H]C1([2H])c2c(NCc3ccc(CN4CCOCC4)cc3F)cccc2C(=O)N1[C@@H]1C(=O)NC(=O)C([2H])([2H])C1([2H])[2H]. The maximum atomic E-state index is 15.0. The van der Waals surface area contributed by atoms with E-state index in [2.05, 4.69) is 10.2 Å². The Bertz CT molecular complexity index is 1390. The van der Waals surface area contributed by atoms with E-state index in [1.54, 1.807) is 17.4 Å². The molecule has 2 saturated heterocycles. The third kappa shape index (κ3) is 4.53. The number of nitrogens with one attached hydrogen (secondary N) is 2. The van der Waals surface area contributed by atoms with Crippen LogP contribution in [0.15, 0.2) is 36.4 Å². The zero-order valence-corrected chi connectivity index (χ0v) is 18.2. The first-order valence-electron chi connectivity index (χ1n) is 13.9. The molecule has 3 aliphatic rings. The summed E-state index contributed by atoms with van der Waals surface area (Å²) in [6.45, 7) is 0.499. The van der Waals surface area contributed by atoms with Gasteiger partial charge in [-0.1, -0.05) is 18.2 Å². The van der Waals surface area contributed by atoms with E-state index in [9.17, 15) is 18.8 Å². The Morgan fingerprint density at radius 1 is 1.18 bits per heavy atom. The molecule has 1 atom stereocenters. The van der Waals surface area contributed by atoms with E-state index in [4.69, 9.17) is 13.0 Å². The van der Waals surface area contributed by atoms with E-state index < -0.39 is 48.8 Å². The fourth-order valence-corrected chi connectivity index (χ4v) is 4.11. The van der Waals surface area contributed by atoms with Gasteiger partial charge in [-0.3, -0.25) is 24.6 Å². The average Bonchev–Trinajstić information content (AvgIpc) is 3.09. The molecule has 3 heterocycles. The van der Waals surface area contributed by atoms with E-state index in [1.807, 2.05) is 0 Å². The highest BCUT2D eigenvalue weighted by Gasteiger charge is 2.39. The van der Waals surface area contributed by atoms with Crippen molar-refractivity contribution in [3.8, 4) is 0 Å². The Balaban J connectivity index is 1.40. The van der Waals surface area contributed by atoms with Gasteiger partial charge in [-0.25, -0.2) is 4.39 Å². The van der Waals surface area contributed by atoms with Crippen molar-refractivity contribution in [1.82, 2.24) is 15.1 Å². The molecule has 0 radical (unpaired) electrons. The molecule has 0 saturated carbocycles. The molecule has 9 heteroatoms. The van der Waals surface area contributed by atoms with Crippen molar-refractivity contribution >= 4 is 23.4 Å². The van der Waals surface area contributed by atoms with Gasteiger partial charge < -0.3 is 15.0 Å². The van der Waals surface area contributed by atoms with Crippen LogP contribution in [0.1, 0.15) is 48.0 Å². The second-order valence-electron chi connectivity index (χ2n) is 8.17. The summed E-state index contributed by atoms with van der Waals surface area (Å²) in [5.41, 5.74) is 0.827. The second kappa shape index (κ2) is 9.52. The van der Waals surface area contributed by atoms with Gasteiger partial charge in [-0.05, 0) is 30.1 Å². The van der Waals surface area contributed by atoms with Crippen LogP contribution in [0.5, 0.6) is 0 Å². The maximum Gasteiger partial charge on any atom is 0.255 e. The third-order valence-corrected chi connectivity index (χ3v) is 5.91. The lowest BCUT2D eigenvalue weighted by Gasteiger charge is -2.29. The Labute approximate surface area is 205 Å². The number of anilines is 1. The first-order chi connectivity index (χ1) is 18.8. The van der Waals surface area contributed by atoms with Crippen LogP contribution in [0.25, 0.3) is 0 Å². The molecule has 0 aromatic heterocycles. The number of imide groups is 1. The van der Waals surface area contributed by atoms with Gasteiger partial charge in [0, 0.05) is 66.9 Å². The summed E-state index contributed by atoms with van der Waals surface area (Å²) in [6.07, 6.45) is -6.46. The second-order valence-corrected chi connectivity index (χ2v) is 8.17. The smallest absolute Gasteiger partial charge is 0.255 e. The summed E-state index contributed by atoms with van der Waals surface area (Å²) in [4.78, 5) is 40.5. The van der Waals surface area contributed by atoms with Gasteiger partial charge in [0.25, 0.3) is 5.91 Å². The number of piperidine rings is 1. The molecule has 0 unspecified atom stereocenters. The van der Waals surface area contributed by atoms with Crippen molar-refractivity contribution in [3.63, 3.8) is 0 Å². The van der Waals surface area contributed by atoms with Crippen LogP contribution in [0.4, 0.5) is 10.1 Å². The molecular weight excluding hydrogens is 439 g/mol. The number of hydrogen-bond acceptors (Lipinski definition) is 6. The Kier molecular flexibility index (Phi) is 4.58. The van der Waals surface area contributed by atoms with Crippen molar-refractivity contribution in [3.05, 3.63) is 64.5 Å². The van der Waals surface area contributed by atoms with Crippen LogP contribution >= 0.6 is 0 Å². The molecule has 2 N–H and O–H groups in total. The van der Waals surface area contributed by atoms with Crippen molar-refractivity contribution in [2.75, 3.05) is 31.6 Å². The standard InChI is InChI=1S/C25H27FN4O4/c26-20-12-16(14-29-8-10-34-11-9-29)4-5-17(20)13-27-21-3-1-2-18-19(21)15-30(25(18)33)22-6-7-23(31)28-24(22)32/h1-5,12,22,27H,6-11,13-15H2,(H,28,31,32)/t22-/m0/s1/i6D2,7D2,15D2. The number of nitrogens with zero attached hydrogens (tertiary/aromatic N) is 2. The van der Waals surface area contributed by atoms with Gasteiger partial charge >= 0.3 is 0 Å². The summed E-state index contributed by atoms with van der Waals surface area (Å²) in [5, 5.41) is 4.66. The van der Waals surface area contributed by atoms with Crippen LogP contribution in [0.2, 0.25) is 0 Å². The number of rotatable bonds is 6. The van der Waals surface area contributed by atoms with E-state index in [1.165, 1.54) is 24.3 Å². The summed E-state index contributed by atoms with van der Waals surface area (Å²) in [7, 11) is 0. The van der Waals surface area contributed by atoms with E-state index in [0.717, 1.165) is 18.7 Å². The van der Waals surface area contributed by atoms with Crippen LogP contribution in [0.3, 0.4) is 0 Å². The predicted octanol–water partition coefficient (Wildman–Crippen LogP) is 2.03. The first kappa shape index (κ1) is 16.3. The number of fused-ring (bicyclic) bond motifs is 1. The zero-order valence-electron chi connectivity index (χ0n) is 24.2. The Hall–Kier alpha value is -3.30. The fourth-order valence-electron chi connectivity index (χ4n) is 4.11. The van der Waals surface area contributed by atoms with E-state index in [-0.39, 0.29) is 23.4 Å². The van der Waals surface area contributed by atoms with Gasteiger partial charge in [0.1, 0.15) is 11.9 Å². The number of amides is 3. The average molecular weight is 473 g/mol. The molecule has 0 spiro atoms. The monoisotopic (exact) mass is 472 g/mol. The van der Waals surface area contributed by atoms with Crippen LogP contribution in [-0.2, 0) is 33.9 Å².